The van der Waals surface area contributed by atoms with Gasteiger partial charge in [-0.05, 0) is 19.3 Å². The van der Waals surface area contributed by atoms with Crippen LogP contribution in [0.15, 0.2) is 4.52 Å². The normalized spacial score (nSPS) is 20.8. The van der Waals surface area contributed by atoms with Crippen molar-refractivity contribution < 1.29 is 4.52 Å². The summed E-state index contributed by atoms with van der Waals surface area (Å²) >= 11 is 0. The smallest absolute Gasteiger partial charge is 0.234 e. The van der Waals surface area contributed by atoms with Crippen LogP contribution < -0.4 is 5.73 Å². The van der Waals surface area contributed by atoms with Crippen molar-refractivity contribution in [1.29, 1.82) is 0 Å². The van der Waals surface area contributed by atoms with Gasteiger partial charge in [-0.1, -0.05) is 19.0 Å². The molecule has 1 aliphatic rings. The molecule has 78 valence electrons. The van der Waals surface area contributed by atoms with Crippen molar-refractivity contribution in [3.63, 3.8) is 0 Å². The summed E-state index contributed by atoms with van der Waals surface area (Å²) in [6, 6.07) is 0. The van der Waals surface area contributed by atoms with E-state index in [2.05, 4.69) is 24.0 Å². The number of nitrogens with two attached hydrogens (primary N) is 1. The first-order chi connectivity index (χ1) is 6.72. The van der Waals surface area contributed by atoms with Gasteiger partial charge in [0.1, 0.15) is 0 Å². The highest BCUT2D eigenvalue weighted by Gasteiger charge is 2.48. The highest BCUT2D eigenvalue weighted by Crippen LogP contribution is 2.46. The van der Waals surface area contributed by atoms with Crippen LogP contribution in [-0.2, 0) is 5.41 Å². The van der Waals surface area contributed by atoms with Gasteiger partial charge in [0.15, 0.2) is 5.82 Å². The molecular weight excluding hydrogens is 178 g/mol. The molecule has 4 heteroatoms. The van der Waals surface area contributed by atoms with Crippen LogP contribution >= 0.6 is 0 Å². The van der Waals surface area contributed by atoms with Gasteiger partial charge in [0.2, 0.25) is 5.89 Å². The summed E-state index contributed by atoms with van der Waals surface area (Å²) in [7, 11) is 0. The Balaban J connectivity index is 2.18. The Kier molecular flexibility index (Phi) is 2.31. The third-order valence-corrected chi connectivity index (χ3v) is 3.19. The maximum absolute atomic E-state index is 5.69. The van der Waals surface area contributed by atoms with Crippen molar-refractivity contribution in [3.05, 3.63) is 11.7 Å². The lowest BCUT2D eigenvalue weighted by molar-refractivity contribution is 0.341. The van der Waals surface area contributed by atoms with Crippen LogP contribution in [0.4, 0.5) is 0 Å². The summed E-state index contributed by atoms with van der Waals surface area (Å²) in [4.78, 5) is 4.43. The molecule has 1 saturated carbocycles. The molecule has 2 rings (SSSR count). The van der Waals surface area contributed by atoms with Gasteiger partial charge in [0.05, 0.1) is 5.41 Å². The molecule has 0 aliphatic heterocycles. The van der Waals surface area contributed by atoms with Crippen LogP contribution in [0.5, 0.6) is 0 Å². The largest absolute Gasteiger partial charge is 0.339 e. The van der Waals surface area contributed by atoms with Crippen molar-refractivity contribution in [2.45, 2.75) is 44.4 Å². The molecule has 1 heterocycles. The Bertz CT molecular complexity index is 317. The lowest BCUT2D eigenvalue weighted by Crippen LogP contribution is -2.20. The molecule has 0 bridgehead atoms. The molecule has 4 nitrogen and oxygen atoms in total. The van der Waals surface area contributed by atoms with Crippen molar-refractivity contribution in [2.24, 2.45) is 5.73 Å². The van der Waals surface area contributed by atoms with Crippen molar-refractivity contribution >= 4 is 0 Å². The Morgan fingerprint density at radius 1 is 1.57 bits per heavy atom. The van der Waals surface area contributed by atoms with E-state index >= 15 is 0 Å². The zero-order valence-corrected chi connectivity index (χ0v) is 8.79. The van der Waals surface area contributed by atoms with Gasteiger partial charge in [-0.25, -0.2) is 0 Å². The molecule has 14 heavy (non-hydrogen) atoms. The molecule has 1 aromatic heterocycles. The van der Waals surface area contributed by atoms with Gasteiger partial charge in [-0.2, -0.15) is 4.98 Å². The molecule has 1 aromatic rings. The molecule has 0 saturated heterocycles. The maximum Gasteiger partial charge on any atom is 0.234 e. The van der Waals surface area contributed by atoms with Gasteiger partial charge in [0, 0.05) is 12.5 Å². The van der Waals surface area contributed by atoms with Crippen LogP contribution in [0.3, 0.4) is 0 Å². The summed E-state index contributed by atoms with van der Waals surface area (Å²) in [6.07, 6.45) is 3.21. The van der Waals surface area contributed by atoms with E-state index in [0.717, 1.165) is 31.0 Å². The first kappa shape index (κ1) is 9.65. The van der Waals surface area contributed by atoms with Gasteiger partial charge >= 0.3 is 0 Å². The van der Waals surface area contributed by atoms with Crippen molar-refractivity contribution in [1.82, 2.24) is 10.1 Å². The minimum Gasteiger partial charge on any atom is -0.339 e. The van der Waals surface area contributed by atoms with Gasteiger partial charge < -0.3 is 10.3 Å². The third-order valence-electron chi connectivity index (χ3n) is 3.19. The predicted molar refractivity (Wildman–Crippen MR) is 53.0 cm³/mol. The van der Waals surface area contributed by atoms with E-state index in [1.165, 1.54) is 0 Å². The topological polar surface area (TPSA) is 64.9 Å². The Labute approximate surface area is 83.9 Å². The fourth-order valence-electron chi connectivity index (χ4n) is 1.49. The SMILES string of the molecule is CCC(C)c1noc(C2(CN)CC2)n1. The quantitative estimate of drug-likeness (QED) is 0.792. The summed E-state index contributed by atoms with van der Waals surface area (Å²) in [5.74, 6) is 1.94. The molecule has 0 aromatic carbocycles. The number of aromatic nitrogens is 2. The monoisotopic (exact) mass is 195 g/mol. The molecule has 1 atom stereocenters. The number of nitrogens with zero attached hydrogens (tertiary/aromatic N) is 2. The Morgan fingerprint density at radius 2 is 2.29 bits per heavy atom. The maximum atomic E-state index is 5.69. The Hall–Kier alpha value is -0.900. The molecule has 2 N–H and O–H groups in total. The lowest BCUT2D eigenvalue weighted by atomic mass is 10.1. The van der Waals surface area contributed by atoms with Crippen LogP contribution in [0.1, 0.15) is 50.7 Å². The van der Waals surface area contributed by atoms with Gasteiger partial charge in [-0.15, -0.1) is 0 Å². The van der Waals surface area contributed by atoms with Gasteiger partial charge in [0.25, 0.3) is 0 Å². The number of rotatable bonds is 4. The van der Waals surface area contributed by atoms with Crippen LogP contribution in [0.25, 0.3) is 0 Å². The van der Waals surface area contributed by atoms with E-state index in [1.54, 1.807) is 0 Å². The van der Waals surface area contributed by atoms with Gasteiger partial charge in [-0.3, -0.25) is 0 Å². The summed E-state index contributed by atoms with van der Waals surface area (Å²) < 4.78 is 5.26. The van der Waals surface area contributed by atoms with E-state index in [0.29, 0.717) is 12.5 Å². The number of hydrogen-bond acceptors (Lipinski definition) is 4. The second-order valence-electron chi connectivity index (χ2n) is 4.25. The number of hydrogen-bond donors (Lipinski definition) is 1. The van der Waals surface area contributed by atoms with Crippen molar-refractivity contribution in [3.8, 4) is 0 Å². The summed E-state index contributed by atoms with van der Waals surface area (Å²) in [5, 5.41) is 4.00. The highest BCUT2D eigenvalue weighted by molar-refractivity contribution is 5.16. The average Bonchev–Trinajstić information content (AvgIpc) is 2.87. The second-order valence-corrected chi connectivity index (χ2v) is 4.25. The molecule has 0 amide bonds. The zero-order chi connectivity index (χ0) is 10.2. The minimum atomic E-state index is 0.0265. The lowest BCUT2D eigenvalue weighted by Gasteiger charge is -2.04. The first-order valence-corrected chi connectivity index (χ1v) is 5.26. The van der Waals surface area contributed by atoms with E-state index in [1.807, 2.05) is 0 Å². The first-order valence-electron chi connectivity index (χ1n) is 5.26. The molecule has 1 fully saturated rings. The fraction of sp³-hybridized carbons (Fsp3) is 0.800. The Morgan fingerprint density at radius 3 is 2.79 bits per heavy atom. The molecular formula is C10H17N3O. The van der Waals surface area contributed by atoms with E-state index in [4.69, 9.17) is 10.3 Å². The zero-order valence-electron chi connectivity index (χ0n) is 8.79. The standard InChI is InChI=1S/C10H17N3O/c1-3-7(2)8-12-9(14-13-8)10(6-11)4-5-10/h7H,3-6,11H2,1-2H3. The van der Waals surface area contributed by atoms with Crippen LogP contribution in [-0.4, -0.2) is 16.7 Å². The average molecular weight is 195 g/mol. The van der Waals surface area contributed by atoms with E-state index in [-0.39, 0.29) is 5.41 Å². The third kappa shape index (κ3) is 1.43. The van der Waals surface area contributed by atoms with Crippen molar-refractivity contribution in [2.75, 3.05) is 6.54 Å². The van der Waals surface area contributed by atoms with Crippen LogP contribution in [0.2, 0.25) is 0 Å². The summed E-state index contributed by atoms with van der Waals surface area (Å²) in [6.45, 7) is 4.85. The van der Waals surface area contributed by atoms with E-state index in [9.17, 15) is 0 Å². The fourth-order valence-corrected chi connectivity index (χ4v) is 1.49. The summed E-state index contributed by atoms with van der Waals surface area (Å²) in [5.41, 5.74) is 5.72. The molecule has 0 radical (unpaired) electrons. The predicted octanol–water partition coefficient (Wildman–Crippen LogP) is 1.57. The van der Waals surface area contributed by atoms with Crippen LogP contribution in [0, 0.1) is 0 Å². The molecule has 1 aliphatic carbocycles. The molecule has 0 spiro atoms. The molecule has 1 unspecified atom stereocenters. The minimum absolute atomic E-state index is 0.0265. The van der Waals surface area contributed by atoms with E-state index < -0.39 is 0 Å². The highest BCUT2D eigenvalue weighted by atomic mass is 16.5. The second kappa shape index (κ2) is 3.35.